The van der Waals surface area contributed by atoms with E-state index in [-0.39, 0.29) is 0 Å². The van der Waals surface area contributed by atoms with Crippen LogP contribution in [-0.4, -0.2) is 0 Å². The molecule has 0 amide bonds. The SMILES string of the molecule is CCC(C#N)(CC)c1ccc(C(F)(F)F)cc1Br. The fourth-order valence-corrected chi connectivity index (χ4v) is 2.69. The highest BCUT2D eigenvalue weighted by Gasteiger charge is 2.34. The van der Waals surface area contributed by atoms with Gasteiger partial charge in [-0.1, -0.05) is 35.8 Å². The Kier molecular flexibility index (Phi) is 4.44. The van der Waals surface area contributed by atoms with Crippen molar-refractivity contribution in [3.05, 3.63) is 33.8 Å². The maximum atomic E-state index is 12.6. The Hall–Kier alpha value is -1.02. The first-order chi connectivity index (χ1) is 8.30. The van der Waals surface area contributed by atoms with E-state index in [0.29, 0.717) is 22.9 Å². The summed E-state index contributed by atoms with van der Waals surface area (Å²) >= 11 is 3.15. The van der Waals surface area contributed by atoms with E-state index in [0.717, 1.165) is 12.1 Å². The van der Waals surface area contributed by atoms with Gasteiger partial charge in [0.25, 0.3) is 0 Å². The molecule has 0 spiro atoms. The molecule has 0 atom stereocenters. The minimum atomic E-state index is -4.37. The zero-order valence-corrected chi connectivity index (χ0v) is 11.7. The van der Waals surface area contributed by atoms with Crippen molar-refractivity contribution >= 4 is 15.9 Å². The zero-order valence-electron chi connectivity index (χ0n) is 10.1. The van der Waals surface area contributed by atoms with E-state index < -0.39 is 17.2 Å². The van der Waals surface area contributed by atoms with Crippen molar-refractivity contribution in [2.45, 2.75) is 38.3 Å². The second kappa shape index (κ2) is 5.31. The Labute approximate surface area is 113 Å². The van der Waals surface area contributed by atoms with Gasteiger partial charge >= 0.3 is 6.18 Å². The summed E-state index contributed by atoms with van der Waals surface area (Å²) in [6, 6.07) is 5.67. The molecule has 0 saturated carbocycles. The lowest BCUT2D eigenvalue weighted by molar-refractivity contribution is -0.137. The number of nitriles is 1. The molecule has 0 N–H and O–H groups in total. The lowest BCUT2D eigenvalue weighted by Gasteiger charge is -2.25. The first-order valence-electron chi connectivity index (χ1n) is 5.59. The summed E-state index contributed by atoms with van der Waals surface area (Å²) in [5, 5.41) is 9.29. The minimum Gasteiger partial charge on any atom is -0.197 e. The van der Waals surface area contributed by atoms with Gasteiger partial charge < -0.3 is 0 Å². The number of hydrogen-bond acceptors (Lipinski definition) is 1. The average molecular weight is 320 g/mol. The molecular formula is C13H13BrF3N. The molecule has 0 aliphatic heterocycles. The smallest absolute Gasteiger partial charge is 0.197 e. The monoisotopic (exact) mass is 319 g/mol. The topological polar surface area (TPSA) is 23.8 Å². The van der Waals surface area contributed by atoms with Crippen LogP contribution in [-0.2, 0) is 11.6 Å². The Bertz CT molecular complexity index is 470. The van der Waals surface area contributed by atoms with Crippen LogP contribution in [0.15, 0.2) is 22.7 Å². The summed E-state index contributed by atoms with van der Waals surface area (Å²) in [4.78, 5) is 0. The second-order valence-electron chi connectivity index (χ2n) is 4.09. The van der Waals surface area contributed by atoms with Crippen molar-refractivity contribution in [3.8, 4) is 6.07 Å². The molecule has 0 aliphatic rings. The van der Waals surface area contributed by atoms with Crippen LogP contribution in [0.4, 0.5) is 13.2 Å². The van der Waals surface area contributed by atoms with Crippen LogP contribution < -0.4 is 0 Å². The van der Waals surface area contributed by atoms with Crippen LogP contribution in [0.5, 0.6) is 0 Å². The highest BCUT2D eigenvalue weighted by atomic mass is 79.9. The fraction of sp³-hybridized carbons (Fsp3) is 0.462. The summed E-state index contributed by atoms with van der Waals surface area (Å²) in [6.45, 7) is 3.72. The van der Waals surface area contributed by atoms with Gasteiger partial charge in [0.2, 0.25) is 0 Å². The van der Waals surface area contributed by atoms with Crippen molar-refractivity contribution in [1.82, 2.24) is 0 Å². The lowest BCUT2D eigenvalue weighted by atomic mass is 9.77. The first-order valence-corrected chi connectivity index (χ1v) is 6.38. The van der Waals surface area contributed by atoms with Crippen molar-refractivity contribution in [1.29, 1.82) is 5.26 Å². The molecule has 0 unspecified atom stereocenters. The summed E-state index contributed by atoms with van der Waals surface area (Å²) in [7, 11) is 0. The first kappa shape index (κ1) is 15.0. The van der Waals surface area contributed by atoms with E-state index in [1.54, 1.807) is 0 Å². The van der Waals surface area contributed by atoms with Crippen LogP contribution in [0.25, 0.3) is 0 Å². The number of nitrogens with zero attached hydrogens (tertiary/aromatic N) is 1. The van der Waals surface area contributed by atoms with E-state index in [9.17, 15) is 18.4 Å². The number of hydrogen-bond donors (Lipinski definition) is 0. The van der Waals surface area contributed by atoms with Gasteiger partial charge in [-0.15, -0.1) is 0 Å². The molecule has 18 heavy (non-hydrogen) atoms. The molecule has 1 aromatic carbocycles. The summed E-state index contributed by atoms with van der Waals surface area (Å²) in [5.74, 6) is 0. The van der Waals surface area contributed by atoms with Crippen molar-refractivity contribution < 1.29 is 13.2 Å². The molecule has 1 nitrogen and oxygen atoms in total. The molecule has 0 bridgehead atoms. The molecule has 0 aromatic heterocycles. The standard InChI is InChI=1S/C13H13BrF3N/c1-3-12(4-2,8-18)10-6-5-9(7-11(10)14)13(15,16)17/h5-7H,3-4H2,1-2H3. The highest BCUT2D eigenvalue weighted by molar-refractivity contribution is 9.10. The fourth-order valence-electron chi connectivity index (χ4n) is 1.93. The Morgan fingerprint density at radius 1 is 1.22 bits per heavy atom. The third-order valence-corrected chi connectivity index (χ3v) is 3.89. The average Bonchev–Trinajstić information content (AvgIpc) is 2.32. The van der Waals surface area contributed by atoms with Gasteiger partial charge in [-0.05, 0) is 30.5 Å². The molecule has 1 rings (SSSR count). The highest BCUT2D eigenvalue weighted by Crippen LogP contribution is 2.39. The van der Waals surface area contributed by atoms with Crippen LogP contribution in [0, 0.1) is 11.3 Å². The van der Waals surface area contributed by atoms with Crippen molar-refractivity contribution in [2.24, 2.45) is 0 Å². The Balaban J connectivity index is 3.34. The maximum absolute atomic E-state index is 12.6. The van der Waals surface area contributed by atoms with Crippen molar-refractivity contribution in [3.63, 3.8) is 0 Å². The Morgan fingerprint density at radius 3 is 2.11 bits per heavy atom. The summed E-state index contributed by atoms with van der Waals surface area (Å²) in [5.41, 5.74) is -0.830. The molecule has 0 saturated heterocycles. The van der Waals surface area contributed by atoms with Gasteiger partial charge in [0.1, 0.15) is 0 Å². The molecule has 0 heterocycles. The number of rotatable bonds is 3. The van der Waals surface area contributed by atoms with Crippen LogP contribution in [0.2, 0.25) is 0 Å². The minimum absolute atomic E-state index is 0.336. The molecule has 0 fully saturated rings. The third kappa shape index (κ3) is 2.69. The van der Waals surface area contributed by atoms with E-state index in [2.05, 4.69) is 22.0 Å². The predicted molar refractivity (Wildman–Crippen MR) is 67.0 cm³/mol. The van der Waals surface area contributed by atoms with Gasteiger partial charge in [0.05, 0.1) is 17.0 Å². The molecular weight excluding hydrogens is 307 g/mol. The molecule has 0 radical (unpaired) electrons. The van der Waals surface area contributed by atoms with E-state index >= 15 is 0 Å². The van der Waals surface area contributed by atoms with E-state index in [1.807, 2.05) is 13.8 Å². The van der Waals surface area contributed by atoms with Gasteiger partial charge in [-0.3, -0.25) is 0 Å². The van der Waals surface area contributed by atoms with E-state index in [4.69, 9.17) is 0 Å². The normalized spacial score (nSPS) is 12.3. The zero-order chi connectivity index (χ0) is 14.0. The largest absolute Gasteiger partial charge is 0.416 e. The summed E-state index contributed by atoms with van der Waals surface area (Å²) in [6.07, 6.45) is -3.25. The molecule has 1 aromatic rings. The maximum Gasteiger partial charge on any atom is 0.416 e. The second-order valence-corrected chi connectivity index (χ2v) is 4.95. The van der Waals surface area contributed by atoms with Crippen LogP contribution >= 0.6 is 15.9 Å². The van der Waals surface area contributed by atoms with Crippen molar-refractivity contribution in [2.75, 3.05) is 0 Å². The van der Waals surface area contributed by atoms with Crippen LogP contribution in [0.3, 0.4) is 0 Å². The van der Waals surface area contributed by atoms with Gasteiger partial charge in [0, 0.05) is 4.47 Å². The van der Waals surface area contributed by atoms with Gasteiger partial charge in [-0.25, -0.2) is 0 Å². The Morgan fingerprint density at radius 2 is 1.78 bits per heavy atom. The molecule has 0 aliphatic carbocycles. The van der Waals surface area contributed by atoms with Gasteiger partial charge in [0.15, 0.2) is 0 Å². The van der Waals surface area contributed by atoms with Crippen LogP contribution in [0.1, 0.15) is 37.8 Å². The van der Waals surface area contributed by atoms with Gasteiger partial charge in [-0.2, -0.15) is 18.4 Å². The number of halogens is 4. The lowest BCUT2D eigenvalue weighted by Crippen LogP contribution is -2.23. The molecule has 98 valence electrons. The quantitative estimate of drug-likeness (QED) is 0.764. The predicted octanol–water partition coefficient (Wildman–Crippen LogP) is 5.05. The third-order valence-electron chi connectivity index (χ3n) is 3.23. The number of alkyl halides is 3. The van der Waals surface area contributed by atoms with E-state index in [1.165, 1.54) is 6.07 Å². The number of benzene rings is 1. The summed E-state index contributed by atoms with van der Waals surface area (Å²) < 4.78 is 38.0. The molecule has 5 heteroatoms.